The molecule has 25 heavy (non-hydrogen) atoms. The zero-order valence-electron chi connectivity index (χ0n) is 15.1. The Morgan fingerprint density at radius 2 is 2.08 bits per heavy atom. The van der Waals surface area contributed by atoms with Gasteiger partial charge in [-0.2, -0.15) is 0 Å². The number of carbonyl (C=O) groups excluding carboxylic acids is 1. The van der Waals surface area contributed by atoms with Gasteiger partial charge in [0, 0.05) is 24.7 Å². The highest BCUT2D eigenvalue weighted by Gasteiger charge is 2.30. The van der Waals surface area contributed by atoms with Crippen molar-refractivity contribution in [3.8, 4) is 0 Å². The molecule has 1 saturated heterocycles. The highest BCUT2D eigenvalue weighted by molar-refractivity contribution is 5.78. The predicted molar refractivity (Wildman–Crippen MR) is 97.4 cm³/mol. The Bertz CT molecular complexity index is 732. The van der Waals surface area contributed by atoms with Crippen LogP contribution in [0.3, 0.4) is 0 Å². The fraction of sp³-hybridized carbons (Fsp3) is 0.474. The van der Waals surface area contributed by atoms with Gasteiger partial charge in [-0.1, -0.05) is 19.9 Å². The Labute approximate surface area is 148 Å². The maximum atomic E-state index is 12.6. The quantitative estimate of drug-likeness (QED) is 0.921. The minimum Gasteiger partial charge on any atom is -0.334 e. The largest absolute Gasteiger partial charge is 0.334 e. The third kappa shape index (κ3) is 4.13. The van der Waals surface area contributed by atoms with Crippen molar-refractivity contribution >= 4 is 17.5 Å². The number of nitrogens with zero attached hydrogens (tertiary/aromatic N) is 4. The summed E-state index contributed by atoms with van der Waals surface area (Å²) in [6, 6.07) is 7.66. The van der Waals surface area contributed by atoms with Gasteiger partial charge in [-0.25, -0.2) is 15.0 Å². The van der Waals surface area contributed by atoms with Gasteiger partial charge in [-0.3, -0.25) is 4.79 Å². The zero-order valence-corrected chi connectivity index (χ0v) is 15.1. The molecule has 3 rings (SSSR count). The molecule has 1 aliphatic heterocycles. The third-order valence-electron chi connectivity index (χ3n) is 4.40. The highest BCUT2D eigenvalue weighted by Crippen LogP contribution is 2.32. The normalized spacial score (nSPS) is 17.6. The van der Waals surface area contributed by atoms with E-state index in [1.54, 1.807) is 6.20 Å². The number of nitrogens with one attached hydrogen (secondary N) is 1. The summed E-state index contributed by atoms with van der Waals surface area (Å²) < 4.78 is 0. The molecule has 1 amide bonds. The Balaban J connectivity index is 1.88. The molecule has 6 heteroatoms. The molecule has 6 nitrogen and oxygen atoms in total. The lowest BCUT2D eigenvalue weighted by Gasteiger charge is -2.36. The van der Waals surface area contributed by atoms with Crippen LogP contribution in [0.1, 0.15) is 50.7 Å². The molecular weight excluding hydrogens is 314 g/mol. The molecule has 0 bridgehead atoms. The van der Waals surface area contributed by atoms with Crippen LogP contribution in [-0.2, 0) is 4.79 Å². The predicted octanol–water partition coefficient (Wildman–Crippen LogP) is 3.63. The standard InChI is InChI=1S/C19H25N5O/c1-13(2)19(25)24-11-7-5-8-16(24)15-12-18(22-14(3)21-15)23-17-9-4-6-10-20-17/h4,6,9-10,12-13,16H,5,7-8,11H2,1-3H3,(H,20,21,22,23). The number of hydrogen-bond acceptors (Lipinski definition) is 5. The van der Waals surface area contributed by atoms with Crippen molar-refractivity contribution in [2.75, 3.05) is 11.9 Å². The molecule has 2 aromatic rings. The average molecular weight is 339 g/mol. The summed E-state index contributed by atoms with van der Waals surface area (Å²) in [4.78, 5) is 28.0. The van der Waals surface area contributed by atoms with Gasteiger partial charge in [0.2, 0.25) is 5.91 Å². The number of pyridine rings is 1. The van der Waals surface area contributed by atoms with Crippen molar-refractivity contribution < 1.29 is 4.79 Å². The molecule has 0 aliphatic carbocycles. The fourth-order valence-electron chi connectivity index (χ4n) is 3.23. The van der Waals surface area contributed by atoms with E-state index in [0.717, 1.165) is 37.3 Å². The van der Waals surface area contributed by atoms with E-state index in [1.807, 2.05) is 49.9 Å². The summed E-state index contributed by atoms with van der Waals surface area (Å²) in [5, 5.41) is 3.23. The Morgan fingerprint density at radius 1 is 1.24 bits per heavy atom. The van der Waals surface area contributed by atoms with E-state index in [4.69, 9.17) is 0 Å². The molecule has 0 aromatic carbocycles. The topological polar surface area (TPSA) is 71.0 Å². The molecule has 1 unspecified atom stereocenters. The van der Waals surface area contributed by atoms with Crippen LogP contribution in [0, 0.1) is 12.8 Å². The second-order valence-corrected chi connectivity index (χ2v) is 6.76. The van der Waals surface area contributed by atoms with Crippen LogP contribution in [-0.4, -0.2) is 32.3 Å². The number of rotatable bonds is 4. The van der Waals surface area contributed by atoms with Crippen molar-refractivity contribution in [2.24, 2.45) is 5.92 Å². The van der Waals surface area contributed by atoms with Crippen LogP contribution in [0.5, 0.6) is 0 Å². The zero-order chi connectivity index (χ0) is 17.8. The third-order valence-corrected chi connectivity index (χ3v) is 4.40. The molecule has 132 valence electrons. The SMILES string of the molecule is Cc1nc(Nc2ccccn2)cc(C2CCCCN2C(=O)C(C)C)n1. The number of hydrogen-bond donors (Lipinski definition) is 1. The van der Waals surface area contributed by atoms with E-state index >= 15 is 0 Å². The van der Waals surface area contributed by atoms with E-state index in [-0.39, 0.29) is 17.9 Å². The van der Waals surface area contributed by atoms with Crippen LogP contribution in [0.4, 0.5) is 11.6 Å². The van der Waals surface area contributed by atoms with Gasteiger partial charge >= 0.3 is 0 Å². The first kappa shape index (κ1) is 17.3. The summed E-state index contributed by atoms with van der Waals surface area (Å²) in [5.41, 5.74) is 0.902. The number of carbonyl (C=O) groups is 1. The van der Waals surface area contributed by atoms with Crippen LogP contribution in [0.15, 0.2) is 30.5 Å². The molecule has 1 atom stereocenters. The van der Waals surface area contributed by atoms with E-state index < -0.39 is 0 Å². The van der Waals surface area contributed by atoms with Crippen molar-refractivity contribution in [2.45, 2.75) is 46.1 Å². The van der Waals surface area contributed by atoms with Crippen molar-refractivity contribution in [3.05, 3.63) is 42.0 Å². The van der Waals surface area contributed by atoms with E-state index in [0.29, 0.717) is 11.6 Å². The summed E-state index contributed by atoms with van der Waals surface area (Å²) in [6.45, 7) is 6.58. The lowest BCUT2D eigenvalue weighted by molar-refractivity contribution is -0.138. The van der Waals surface area contributed by atoms with Gasteiger partial charge in [0.05, 0.1) is 11.7 Å². The Hall–Kier alpha value is -2.50. The van der Waals surface area contributed by atoms with Crippen molar-refractivity contribution in [1.82, 2.24) is 19.9 Å². The van der Waals surface area contributed by atoms with Crippen LogP contribution >= 0.6 is 0 Å². The second kappa shape index (κ2) is 7.59. The molecule has 0 saturated carbocycles. The minimum absolute atomic E-state index is 0.00496. The van der Waals surface area contributed by atoms with E-state index in [2.05, 4.69) is 20.3 Å². The lowest BCUT2D eigenvalue weighted by atomic mass is 9.97. The first-order valence-electron chi connectivity index (χ1n) is 8.88. The maximum Gasteiger partial charge on any atom is 0.225 e. The smallest absolute Gasteiger partial charge is 0.225 e. The molecule has 3 heterocycles. The molecule has 0 spiro atoms. The molecular formula is C19H25N5O. The summed E-state index contributed by atoms with van der Waals surface area (Å²) in [6.07, 6.45) is 4.84. The molecule has 1 fully saturated rings. The van der Waals surface area contributed by atoms with Crippen LogP contribution in [0.25, 0.3) is 0 Å². The van der Waals surface area contributed by atoms with Gasteiger partial charge in [-0.05, 0) is 38.3 Å². The minimum atomic E-state index is -0.00496. The molecule has 0 radical (unpaired) electrons. The monoisotopic (exact) mass is 339 g/mol. The number of piperidine rings is 1. The maximum absolute atomic E-state index is 12.6. The number of anilines is 2. The lowest BCUT2D eigenvalue weighted by Crippen LogP contribution is -2.41. The van der Waals surface area contributed by atoms with Gasteiger partial charge in [0.15, 0.2) is 0 Å². The summed E-state index contributed by atoms with van der Waals surface area (Å²) >= 11 is 0. The number of amides is 1. The highest BCUT2D eigenvalue weighted by atomic mass is 16.2. The summed E-state index contributed by atoms with van der Waals surface area (Å²) in [7, 11) is 0. The average Bonchev–Trinajstić information content (AvgIpc) is 2.61. The first-order chi connectivity index (χ1) is 12.0. The number of likely N-dealkylation sites (tertiary alicyclic amines) is 1. The van der Waals surface area contributed by atoms with Gasteiger partial charge in [-0.15, -0.1) is 0 Å². The van der Waals surface area contributed by atoms with E-state index in [9.17, 15) is 4.79 Å². The molecule has 1 aliphatic rings. The van der Waals surface area contributed by atoms with Gasteiger partial charge < -0.3 is 10.2 Å². The Morgan fingerprint density at radius 3 is 2.80 bits per heavy atom. The second-order valence-electron chi connectivity index (χ2n) is 6.76. The molecule has 2 aromatic heterocycles. The van der Waals surface area contributed by atoms with Crippen molar-refractivity contribution in [1.29, 1.82) is 0 Å². The van der Waals surface area contributed by atoms with E-state index in [1.165, 1.54) is 0 Å². The van der Waals surface area contributed by atoms with Gasteiger partial charge in [0.1, 0.15) is 17.5 Å². The molecule has 1 N–H and O–H groups in total. The Kier molecular flexibility index (Phi) is 5.26. The number of aryl methyl sites for hydroxylation is 1. The van der Waals surface area contributed by atoms with Gasteiger partial charge in [0.25, 0.3) is 0 Å². The summed E-state index contributed by atoms with van der Waals surface area (Å²) in [5.74, 6) is 2.34. The van der Waals surface area contributed by atoms with Crippen molar-refractivity contribution in [3.63, 3.8) is 0 Å². The fourth-order valence-corrected chi connectivity index (χ4v) is 3.23. The van der Waals surface area contributed by atoms with Crippen LogP contribution < -0.4 is 5.32 Å². The first-order valence-corrected chi connectivity index (χ1v) is 8.88. The van der Waals surface area contributed by atoms with Crippen LogP contribution in [0.2, 0.25) is 0 Å². The number of aromatic nitrogens is 3.